The zero-order valence-electron chi connectivity index (χ0n) is 22.2. The molecule has 4 heterocycles. The molecule has 3 saturated heterocycles. The molecule has 0 saturated carbocycles. The number of aromatic nitrogens is 1. The van der Waals surface area contributed by atoms with Crippen LogP contribution in [0.5, 0.6) is 5.75 Å². The SMILES string of the molecule is C=CC1CN2CCC1CC2[C@@H](NC(=S)NC1=CC(C(F)(F)F)=CC(C(F)(F)F)C1)c1ccnc2ccc(OC)cc12. The quantitative estimate of drug-likeness (QED) is 0.223. The van der Waals surface area contributed by atoms with Crippen LogP contribution in [0.1, 0.15) is 30.9 Å². The van der Waals surface area contributed by atoms with E-state index in [1.807, 2.05) is 24.3 Å². The molecule has 2 aromatic rings. The molecule has 5 nitrogen and oxygen atoms in total. The van der Waals surface area contributed by atoms with Crippen molar-refractivity contribution >= 4 is 28.2 Å². The van der Waals surface area contributed by atoms with Crippen molar-refractivity contribution in [2.45, 2.75) is 43.7 Å². The molecule has 0 radical (unpaired) electrons. The summed E-state index contributed by atoms with van der Waals surface area (Å²) in [4.78, 5) is 6.82. The fourth-order valence-electron chi connectivity index (χ4n) is 6.25. The van der Waals surface area contributed by atoms with Crippen LogP contribution < -0.4 is 15.4 Å². The van der Waals surface area contributed by atoms with Gasteiger partial charge in [0, 0.05) is 36.3 Å². The third-order valence-corrected chi connectivity index (χ3v) is 8.53. The highest BCUT2D eigenvalue weighted by Crippen LogP contribution is 2.43. The predicted octanol–water partition coefficient (Wildman–Crippen LogP) is 6.60. The first kappa shape index (κ1) is 29.4. The first-order chi connectivity index (χ1) is 19.4. The lowest BCUT2D eigenvalue weighted by Crippen LogP contribution is -2.58. The average molecular weight is 597 g/mol. The molecule has 3 aliphatic heterocycles. The van der Waals surface area contributed by atoms with Crippen LogP contribution in [0.4, 0.5) is 26.3 Å². The lowest BCUT2D eigenvalue weighted by Gasteiger charge is -2.52. The highest BCUT2D eigenvalue weighted by molar-refractivity contribution is 7.80. The maximum atomic E-state index is 13.5. The number of thiocarbonyl (C=S) groups is 1. The molecule has 4 aliphatic rings. The summed E-state index contributed by atoms with van der Waals surface area (Å²) in [5, 5.41) is 6.69. The summed E-state index contributed by atoms with van der Waals surface area (Å²) in [6, 6.07) is 6.90. The number of nitrogens with one attached hydrogen (secondary N) is 2. The fraction of sp³-hybridized carbons (Fsp3) is 0.448. The number of halogens is 6. The van der Waals surface area contributed by atoms with E-state index in [-0.39, 0.29) is 22.9 Å². The standard InChI is InChI=1S/C29H30F6N4OS/c1-3-16-15-39-9-7-17(16)10-25(39)26(22-6-8-36-24-5-4-21(40-2)14-23(22)24)38-27(41)37-20-12-18(28(30,31)32)11-19(13-20)29(33,34)35/h3-6,8,11-12,14,16-17,19,25-26H,1,7,9-10,13,15H2,2H3,(H2,37,38,41)/t16?,17?,19?,25?,26-/m0/s1. The van der Waals surface area contributed by atoms with Gasteiger partial charge in [-0.15, -0.1) is 6.58 Å². The zero-order chi connectivity index (χ0) is 29.5. The normalized spacial score (nSPS) is 27.0. The van der Waals surface area contributed by atoms with E-state index in [0.29, 0.717) is 23.7 Å². The largest absolute Gasteiger partial charge is 0.497 e. The second-order valence-corrected chi connectivity index (χ2v) is 11.2. The summed E-state index contributed by atoms with van der Waals surface area (Å²) < 4.78 is 86.3. The number of allylic oxidation sites excluding steroid dienone is 4. The van der Waals surface area contributed by atoms with Crippen molar-refractivity contribution in [2.24, 2.45) is 17.8 Å². The number of benzene rings is 1. The van der Waals surface area contributed by atoms with Gasteiger partial charge < -0.3 is 15.4 Å². The second-order valence-electron chi connectivity index (χ2n) is 10.7. The van der Waals surface area contributed by atoms with E-state index in [4.69, 9.17) is 17.0 Å². The molecule has 5 unspecified atom stereocenters. The van der Waals surface area contributed by atoms with E-state index in [2.05, 4.69) is 27.1 Å². The van der Waals surface area contributed by atoms with E-state index in [1.54, 1.807) is 19.4 Å². The molecule has 1 aromatic heterocycles. The number of fused-ring (bicyclic) bond motifs is 4. The molecule has 0 amide bonds. The highest BCUT2D eigenvalue weighted by Gasteiger charge is 2.45. The Kier molecular flexibility index (Phi) is 8.08. The molecule has 3 fully saturated rings. The fourth-order valence-corrected chi connectivity index (χ4v) is 6.51. The van der Waals surface area contributed by atoms with Gasteiger partial charge in [-0.1, -0.05) is 12.2 Å². The number of pyridine rings is 1. The molecule has 1 aliphatic carbocycles. The molecule has 41 heavy (non-hydrogen) atoms. The number of methoxy groups -OCH3 is 1. The van der Waals surface area contributed by atoms with Crippen molar-refractivity contribution in [2.75, 3.05) is 20.2 Å². The summed E-state index contributed by atoms with van der Waals surface area (Å²) in [7, 11) is 1.56. The minimum Gasteiger partial charge on any atom is -0.497 e. The molecule has 2 bridgehead atoms. The molecule has 6 atom stereocenters. The van der Waals surface area contributed by atoms with Gasteiger partial charge in [0.1, 0.15) is 5.75 Å². The third-order valence-electron chi connectivity index (χ3n) is 8.31. The monoisotopic (exact) mass is 596 g/mol. The van der Waals surface area contributed by atoms with Crippen molar-refractivity contribution in [1.29, 1.82) is 0 Å². The predicted molar refractivity (Wildman–Crippen MR) is 148 cm³/mol. The second kappa shape index (κ2) is 11.3. The number of nitrogens with zero attached hydrogens (tertiary/aromatic N) is 2. The summed E-state index contributed by atoms with van der Waals surface area (Å²) >= 11 is 5.53. The zero-order valence-corrected chi connectivity index (χ0v) is 23.0. The molecule has 0 spiro atoms. The van der Waals surface area contributed by atoms with Crippen molar-refractivity contribution in [1.82, 2.24) is 20.5 Å². The Morgan fingerprint density at radius 1 is 1.22 bits per heavy atom. The Morgan fingerprint density at radius 2 is 2.00 bits per heavy atom. The van der Waals surface area contributed by atoms with E-state index < -0.39 is 36.3 Å². The first-order valence-corrected chi connectivity index (χ1v) is 13.7. The van der Waals surface area contributed by atoms with Gasteiger partial charge in [-0.25, -0.2) is 0 Å². The molecule has 220 valence electrons. The number of rotatable bonds is 6. The van der Waals surface area contributed by atoms with Gasteiger partial charge >= 0.3 is 12.4 Å². The highest BCUT2D eigenvalue weighted by atomic mass is 32.1. The van der Waals surface area contributed by atoms with Crippen molar-refractivity contribution in [3.63, 3.8) is 0 Å². The molecule has 12 heteroatoms. The van der Waals surface area contributed by atoms with Crippen LogP contribution >= 0.6 is 12.2 Å². The minimum atomic E-state index is -4.93. The van der Waals surface area contributed by atoms with Gasteiger partial charge in [-0.2, -0.15) is 26.3 Å². The van der Waals surface area contributed by atoms with Crippen LogP contribution in [0.25, 0.3) is 10.9 Å². The first-order valence-electron chi connectivity index (χ1n) is 13.3. The Morgan fingerprint density at radius 3 is 2.63 bits per heavy atom. The lowest BCUT2D eigenvalue weighted by molar-refractivity contribution is -0.162. The Labute approximate surface area is 239 Å². The molecular weight excluding hydrogens is 566 g/mol. The van der Waals surface area contributed by atoms with Crippen LogP contribution in [0, 0.1) is 17.8 Å². The summed E-state index contributed by atoms with van der Waals surface area (Å²) in [6.45, 7) is 5.66. The van der Waals surface area contributed by atoms with E-state index in [1.165, 1.54) is 0 Å². The smallest absolute Gasteiger partial charge is 0.416 e. The van der Waals surface area contributed by atoms with Crippen LogP contribution in [-0.4, -0.2) is 53.6 Å². The Balaban J connectivity index is 1.47. The number of alkyl halides is 6. The third kappa shape index (κ3) is 6.23. The Hall–Kier alpha value is -3.12. The number of hydrogen-bond donors (Lipinski definition) is 2. The summed E-state index contributed by atoms with van der Waals surface area (Å²) in [5.74, 6) is -0.901. The van der Waals surface area contributed by atoms with Crippen LogP contribution in [-0.2, 0) is 0 Å². The van der Waals surface area contributed by atoms with E-state index in [0.717, 1.165) is 42.4 Å². The van der Waals surface area contributed by atoms with Gasteiger partial charge in [0.25, 0.3) is 0 Å². The maximum absolute atomic E-state index is 13.5. The maximum Gasteiger partial charge on any atom is 0.416 e. The molecule has 2 N–H and O–H groups in total. The van der Waals surface area contributed by atoms with Gasteiger partial charge in [0.05, 0.1) is 30.2 Å². The van der Waals surface area contributed by atoms with Gasteiger partial charge in [0.2, 0.25) is 0 Å². The summed E-state index contributed by atoms with van der Waals surface area (Å²) in [6.07, 6.45) is -4.02. The minimum absolute atomic E-state index is 0.0320. The van der Waals surface area contributed by atoms with Crippen LogP contribution in [0.15, 0.2) is 66.5 Å². The van der Waals surface area contributed by atoms with Gasteiger partial charge in [-0.3, -0.25) is 9.88 Å². The molecule has 6 rings (SSSR count). The van der Waals surface area contributed by atoms with E-state index >= 15 is 0 Å². The summed E-state index contributed by atoms with van der Waals surface area (Å²) in [5.41, 5.74) is -0.0348. The average Bonchev–Trinajstić information content (AvgIpc) is 2.94. The van der Waals surface area contributed by atoms with Crippen LogP contribution in [0.2, 0.25) is 0 Å². The van der Waals surface area contributed by atoms with Gasteiger partial charge in [-0.05, 0) is 79.3 Å². The molecule has 1 aromatic carbocycles. The van der Waals surface area contributed by atoms with Crippen molar-refractivity contribution in [3.8, 4) is 5.75 Å². The van der Waals surface area contributed by atoms with Crippen LogP contribution in [0.3, 0.4) is 0 Å². The van der Waals surface area contributed by atoms with Crippen molar-refractivity contribution < 1.29 is 31.1 Å². The number of piperidine rings is 3. The van der Waals surface area contributed by atoms with Crippen molar-refractivity contribution in [3.05, 3.63) is 72.1 Å². The number of hydrogen-bond acceptors (Lipinski definition) is 4. The van der Waals surface area contributed by atoms with E-state index in [9.17, 15) is 26.3 Å². The topological polar surface area (TPSA) is 49.4 Å². The van der Waals surface area contributed by atoms with Gasteiger partial charge in [0.15, 0.2) is 5.11 Å². The Bertz CT molecular complexity index is 1390. The number of ether oxygens (including phenoxy) is 1. The lowest BCUT2D eigenvalue weighted by atomic mass is 9.73. The molecular formula is C29H30F6N4OS.